The molecule has 0 saturated carbocycles. The van der Waals surface area contributed by atoms with E-state index in [0.717, 1.165) is 11.1 Å². The summed E-state index contributed by atoms with van der Waals surface area (Å²) in [6, 6.07) is 9.46. The third kappa shape index (κ3) is 2.28. The summed E-state index contributed by atoms with van der Waals surface area (Å²) >= 11 is 0. The zero-order valence-electron chi connectivity index (χ0n) is 8.80. The smallest absolute Gasteiger partial charge is 0.311 e. The van der Waals surface area contributed by atoms with Crippen LogP contribution in [0.25, 0.3) is 11.3 Å². The number of aryl methyl sites for hydroxylation is 1. The van der Waals surface area contributed by atoms with Crippen molar-refractivity contribution < 1.29 is 14.4 Å². The van der Waals surface area contributed by atoms with Crippen molar-refractivity contribution >= 4 is 5.97 Å². The van der Waals surface area contributed by atoms with Crippen molar-refractivity contribution in [2.75, 3.05) is 0 Å². The SMILES string of the molecule is Cc1cccc(-c2cc(CC(=O)O)on2)c1. The standard InChI is InChI=1S/C12H11NO3/c1-8-3-2-4-9(5-8)11-6-10(16-13-11)7-12(14)15/h2-6H,7H2,1H3,(H,14,15). The number of carboxylic acids is 1. The lowest BCUT2D eigenvalue weighted by atomic mass is 10.1. The molecule has 16 heavy (non-hydrogen) atoms. The molecule has 0 radical (unpaired) electrons. The van der Waals surface area contributed by atoms with Crippen molar-refractivity contribution in [2.45, 2.75) is 13.3 Å². The Hall–Kier alpha value is -2.10. The van der Waals surface area contributed by atoms with Crippen LogP contribution in [-0.4, -0.2) is 16.2 Å². The summed E-state index contributed by atoms with van der Waals surface area (Å²) in [5, 5.41) is 12.4. The van der Waals surface area contributed by atoms with Crippen LogP contribution in [-0.2, 0) is 11.2 Å². The Labute approximate surface area is 92.5 Å². The van der Waals surface area contributed by atoms with E-state index >= 15 is 0 Å². The maximum atomic E-state index is 10.5. The number of benzene rings is 1. The first-order chi connectivity index (χ1) is 7.65. The number of aliphatic carboxylic acids is 1. The molecule has 1 heterocycles. The van der Waals surface area contributed by atoms with E-state index < -0.39 is 5.97 Å². The molecule has 0 saturated heterocycles. The van der Waals surface area contributed by atoms with Gasteiger partial charge in [0.05, 0.1) is 0 Å². The molecule has 4 nitrogen and oxygen atoms in total. The highest BCUT2D eigenvalue weighted by Crippen LogP contribution is 2.20. The Morgan fingerprint density at radius 2 is 2.25 bits per heavy atom. The second-order valence-electron chi connectivity index (χ2n) is 3.62. The summed E-state index contributed by atoms with van der Waals surface area (Å²) in [5.41, 5.74) is 2.72. The van der Waals surface area contributed by atoms with Crippen LogP contribution in [0.1, 0.15) is 11.3 Å². The van der Waals surface area contributed by atoms with Crippen molar-refractivity contribution in [1.29, 1.82) is 0 Å². The van der Waals surface area contributed by atoms with Crippen LogP contribution in [0.4, 0.5) is 0 Å². The average molecular weight is 217 g/mol. The summed E-state index contributed by atoms with van der Waals surface area (Å²) in [5.74, 6) is -0.559. The fourth-order valence-electron chi connectivity index (χ4n) is 1.49. The van der Waals surface area contributed by atoms with Gasteiger partial charge in [-0.05, 0) is 13.0 Å². The van der Waals surface area contributed by atoms with Gasteiger partial charge in [0.2, 0.25) is 0 Å². The molecule has 1 aromatic heterocycles. The molecule has 2 aromatic rings. The van der Waals surface area contributed by atoms with Gasteiger partial charge in [-0.3, -0.25) is 4.79 Å². The lowest BCUT2D eigenvalue weighted by Gasteiger charge is -1.95. The van der Waals surface area contributed by atoms with Crippen LogP contribution in [0.2, 0.25) is 0 Å². The van der Waals surface area contributed by atoms with Gasteiger partial charge in [0.15, 0.2) is 0 Å². The van der Waals surface area contributed by atoms with Gasteiger partial charge >= 0.3 is 5.97 Å². The highest BCUT2D eigenvalue weighted by Gasteiger charge is 2.09. The highest BCUT2D eigenvalue weighted by atomic mass is 16.5. The van der Waals surface area contributed by atoms with Gasteiger partial charge in [-0.1, -0.05) is 28.9 Å². The molecule has 1 aromatic carbocycles. The molecule has 0 fully saturated rings. The van der Waals surface area contributed by atoms with Crippen LogP contribution in [0.3, 0.4) is 0 Å². The Kier molecular flexibility index (Phi) is 2.72. The number of carboxylic acid groups (broad SMARTS) is 1. The largest absolute Gasteiger partial charge is 0.481 e. The molecule has 0 spiro atoms. The van der Waals surface area contributed by atoms with Gasteiger partial charge in [0.1, 0.15) is 17.9 Å². The molecule has 4 heteroatoms. The fourth-order valence-corrected chi connectivity index (χ4v) is 1.49. The predicted octanol–water partition coefficient (Wildman–Crippen LogP) is 2.28. The third-order valence-electron chi connectivity index (χ3n) is 2.20. The normalized spacial score (nSPS) is 10.3. The maximum Gasteiger partial charge on any atom is 0.311 e. The Balaban J connectivity index is 2.28. The first-order valence-electron chi connectivity index (χ1n) is 4.89. The maximum absolute atomic E-state index is 10.5. The van der Waals surface area contributed by atoms with Gasteiger partial charge in [0, 0.05) is 11.6 Å². The second-order valence-corrected chi connectivity index (χ2v) is 3.62. The van der Waals surface area contributed by atoms with Gasteiger partial charge in [0.25, 0.3) is 0 Å². The third-order valence-corrected chi connectivity index (χ3v) is 2.20. The molecule has 0 bridgehead atoms. The van der Waals surface area contributed by atoms with Crippen molar-refractivity contribution in [3.05, 3.63) is 41.7 Å². The van der Waals surface area contributed by atoms with Crippen molar-refractivity contribution in [3.8, 4) is 11.3 Å². The van der Waals surface area contributed by atoms with Gasteiger partial charge in [-0.2, -0.15) is 0 Å². The van der Waals surface area contributed by atoms with Gasteiger partial charge < -0.3 is 9.63 Å². The number of nitrogens with zero attached hydrogens (tertiary/aromatic N) is 1. The molecule has 0 unspecified atom stereocenters. The number of carbonyl (C=O) groups is 1. The van der Waals surface area contributed by atoms with Crippen LogP contribution in [0.5, 0.6) is 0 Å². The Morgan fingerprint density at radius 1 is 1.44 bits per heavy atom. The molecule has 2 rings (SSSR count). The van der Waals surface area contributed by atoms with E-state index in [-0.39, 0.29) is 6.42 Å². The molecule has 82 valence electrons. The fraction of sp³-hybridized carbons (Fsp3) is 0.167. The first kappa shape index (κ1) is 10.4. The average Bonchev–Trinajstić information content (AvgIpc) is 2.65. The lowest BCUT2D eigenvalue weighted by Crippen LogP contribution is -1.97. The molecular formula is C12H11NO3. The molecular weight excluding hydrogens is 206 g/mol. The van der Waals surface area contributed by atoms with E-state index in [9.17, 15) is 4.79 Å². The number of hydrogen-bond acceptors (Lipinski definition) is 3. The van der Waals surface area contributed by atoms with E-state index in [1.807, 2.05) is 31.2 Å². The lowest BCUT2D eigenvalue weighted by molar-refractivity contribution is -0.136. The zero-order chi connectivity index (χ0) is 11.5. The summed E-state index contributed by atoms with van der Waals surface area (Å²) in [7, 11) is 0. The van der Waals surface area contributed by atoms with Crippen LogP contribution in [0.15, 0.2) is 34.9 Å². The zero-order valence-corrected chi connectivity index (χ0v) is 8.80. The topological polar surface area (TPSA) is 63.3 Å². The van der Waals surface area contributed by atoms with E-state index in [1.54, 1.807) is 6.07 Å². The number of hydrogen-bond donors (Lipinski definition) is 1. The molecule has 0 aliphatic heterocycles. The number of rotatable bonds is 3. The number of aromatic nitrogens is 1. The summed E-state index contributed by atoms with van der Waals surface area (Å²) < 4.78 is 4.94. The van der Waals surface area contributed by atoms with Crippen molar-refractivity contribution in [1.82, 2.24) is 5.16 Å². The van der Waals surface area contributed by atoms with Crippen LogP contribution >= 0.6 is 0 Å². The van der Waals surface area contributed by atoms with Gasteiger partial charge in [-0.15, -0.1) is 0 Å². The van der Waals surface area contributed by atoms with E-state index in [0.29, 0.717) is 11.5 Å². The summed E-state index contributed by atoms with van der Waals surface area (Å²) in [6.07, 6.45) is -0.140. The minimum atomic E-state index is -0.924. The summed E-state index contributed by atoms with van der Waals surface area (Å²) in [6.45, 7) is 1.99. The predicted molar refractivity (Wildman–Crippen MR) is 58.0 cm³/mol. The van der Waals surface area contributed by atoms with E-state index in [4.69, 9.17) is 9.63 Å². The van der Waals surface area contributed by atoms with Crippen LogP contribution < -0.4 is 0 Å². The van der Waals surface area contributed by atoms with E-state index in [1.165, 1.54) is 0 Å². The highest BCUT2D eigenvalue weighted by molar-refractivity contribution is 5.70. The molecule has 0 aliphatic carbocycles. The summed E-state index contributed by atoms with van der Waals surface area (Å²) in [4.78, 5) is 10.5. The Morgan fingerprint density at radius 3 is 2.94 bits per heavy atom. The quantitative estimate of drug-likeness (QED) is 0.856. The molecule has 0 amide bonds. The minimum absolute atomic E-state index is 0.140. The molecule has 0 atom stereocenters. The Bertz CT molecular complexity index is 516. The molecule has 1 N–H and O–H groups in total. The monoisotopic (exact) mass is 217 g/mol. The van der Waals surface area contributed by atoms with Gasteiger partial charge in [-0.25, -0.2) is 0 Å². The first-order valence-corrected chi connectivity index (χ1v) is 4.89. The van der Waals surface area contributed by atoms with Crippen molar-refractivity contribution in [3.63, 3.8) is 0 Å². The minimum Gasteiger partial charge on any atom is -0.481 e. The van der Waals surface area contributed by atoms with Crippen molar-refractivity contribution in [2.24, 2.45) is 0 Å². The van der Waals surface area contributed by atoms with E-state index in [2.05, 4.69) is 5.16 Å². The second kappa shape index (κ2) is 4.18. The van der Waals surface area contributed by atoms with Crippen LogP contribution in [0, 0.1) is 6.92 Å². The molecule has 0 aliphatic rings.